The zero-order chi connectivity index (χ0) is 24.2. The summed E-state index contributed by atoms with van der Waals surface area (Å²) >= 11 is 7.42. The average Bonchev–Trinajstić information content (AvgIpc) is 2.88. The van der Waals surface area contributed by atoms with Crippen molar-refractivity contribution in [3.05, 3.63) is 69.1 Å². The van der Waals surface area contributed by atoms with Gasteiger partial charge in [-0.3, -0.25) is 9.59 Å². The van der Waals surface area contributed by atoms with Gasteiger partial charge in [0.25, 0.3) is 0 Å². The molecule has 0 fully saturated rings. The maximum Gasteiger partial charge on any atom is 0.243 e. The topological polar surface area (TPSA) is 104 Å². The first-order valence-electron chi connectivity index (χ1n) is 9.82. The van der Waals surface area contributed by atoms with Gasteiger partial charge in [0.05, 0.1) is 38.0 Å². The van der Waals surface area contributed by atoms with Crippen LogP contribution in [0.5, 0.6) is 11.8 Å². The number of aldehydes is 2. The predicted molar refractivity (Wildman–Crippen MR) is 133 cm³/mol. The third kappa shape index (κ3) is 4.34. The first kappa shape index (κ1) is 23.7. The highest BCUT2D eigenvalue weighted by molar-refractivity contribution is 9.11. The first-order valence-corrected chi connectivity index (χ1v) is 11.4. The van der Waals surface area contributed by atoms with Crippen LogP contribution >= 0.6 is 31.9 Å². The molecule has 0 saturated heterocycles. The van der Waals surface area contributed by atoms with Crippen LogP contribution in [0, 0.1) is 0 Å². The van der Waals surface area contributed by atoms with Gasteiger partial charge in [0, 0.05) is 20.1 Å². The number of nitrogens with zero attached hydrogens (tertiary/aromatic N) is 4. The Morgan fingerprint density at radius 3 is 1.41 bits per heavy atom. The Morgan fingerprint density at radius 2 is 1.06 bits per heavy atom. The maximum atomic E-state index is 11.2. The van der Waals surface area contributed by atoms with Crippen molar-refractivity contribution in [1.82, 2.24) is 19.9 Å². The summed E-state index contributed by atoms with van der Waals surface area (Å²) in [6, 6.07) is 11.5. The van der Waals surface area contributed by atoms with Crippen LogP contribution in [0.2, 0.25) is 0 Å². The minimum Gasteiger partial charge on any atom is -0.479 e. The summed E-state index contributed by atoms with van der Waals surface area (Å²) in [4.78, 5) is 39.5. The quantitative estimate of drug-likeness (QED) is 0.265. The van der Waals surface area contributed by atoms with E-state index in [0.717, 1.165) is 31.2 Å². The van der Waals surface area contributed by atoms with Gasteiger partial charge in [-0.15, -0.1) is 0 Å². The highest BCUT2D eigenvalue weighted by atomic mass is 79.9. The van der Waals surface area contributed by atoms with Crippen molar-refractivity contribution >= 4 is 44.4 Å². The van der Waals surface area contributed by atoms with Crippen molar-refractivity contribution in [2.45, 2.75) is 0 Å². The molecular weight excluding hydrogens is 568 g/mol. The van der Waals surface area contributed by atoms with Crippen LogP contribution in [-0.2, 0) is 0 Å². The van der Waals surface area contributed by atoms with Crippen molar-refractivity contribution in [2.24, 2.45) is 0 Å². The Kier molecular flexibility index (Phi) is 7.09. The molecule has 170 valence electrons. The Bertz CT molecular complexity index is 1310. The van der Waals surface area contributed by atoms with Crippen LogP contribution in [0.25, 0.3) is 33.6 Å². The second kappa shape index (κ2) is 10.2. The van der Waals surface area contributed by atoms with Gasteiger partial charge in [-0.2, -0.15) is 0 Å². The lowest BCUT2D eigenvalue weighted by molar-refractivity contribution is 0.110. The van der Waals surface area contributed by atoms with E-state index in [4.69, 9.17) is 9.47 Å². The Hall–Kier alpha value is -3.50. The number of rotatable bonds is 7. The number of methoxy groups -OCH3 is 2. The molecule has 2 heterocycles. The van der Waals surface area contributed by atoms with Crippen molar-refractivity contribution in [1.29, 1.82) is 0 Å². The van der Waals surface area contributed by atoms with E-state index >= 15 is 0 Å². The fraction of sp³-hybridized carbons (Fsp3) is 0.0833. The molecule has 8 nitrogen and oxygen atoms in total. The van der Waals surface area contributed by atoms with E-state index in [1.54, 1.807) is 0 Å². The zero-order valence-corrected chi connectivity index (χ0v) is 21.1. The minimum absolute atomic E-state index is 0.131. The first-order chi connectivity index (χ1) is 16.5. The zero-order valence-electron chi connectivity index (χ0n) is 18.0. The van der Waals surface area contributed by atoms with E-state index in [1.807, 2.05) is 36.4 Å². The summed E-state index contributed by atoms with van der Waals surface area (Å²) in [6.45, 7) is 0. The molecule has 0 N–H and O–H groups in total. The van der Waals surface area contributed by atoms with Crippen LogP contribution in [0.1, 0.15) is 21.0 Å². The highest BCUT2D eigenvalue weighted by Gasteiger charge is 2.18. The van der Waals surface area contributed by atoms with Crippen molar-refractivity contribution in [3.63, 3.8) is 0 Å². The summed E-state index contributed by atoms with van der Waals surface area (Å²) in [5.41, 5.74) is 4.67. The Balaban J connectivity index is 1.83. The number of hydrogen-bond acceptors (Lipinski definition) is 8. The van der Waals surface area contributed by atoms with Gasteiger partial charge in [0.1, 0.15) is 0 Å². The summed E-state index contributed by atoms with van der Waals surface area (Å²) in [5, 5.41) is 0. The fourth-order valence-electron chi connectivity index (χ4n) is 3.36. The second-order valence-electron chi connectivity index (χ2n) is 6.87. The molecule has 0 atom stereocenters. The largest absolute Gasteiger partial charge is 0.479 e. The number of hydrogen-bond donors (Lipinski definition) is 0. The van der Waals surface area contributed by atoms with E-state index in [1.165, 1.54) is 26.6 Å². The standard InChI is InChI=1S/C24H16Br2N4O4/c1-33-23-19(11-31)27-9-17(29-23)15-7-3-5-13(21(15)25)14-6-4-8-16(22(14)26)18-10-28-20(12-32)24(30-18)34-2/h3-12H,1-2H3. The Morgan fingerprint density at radius 1 is 0.676 bits per heavy atom. The van der Waals surface area contributed by atoms with E-state index in [9.17, 15) is 9.59 Å². The number of halogens is 2. The monoisotopic (exact) mass is 582 g/mol. The van der Waals surface area contributed by atoms with Crippen LogP contribution in [0.4, 0.5) is 0 Å². The van der Waals surface area contributed by atoms with Gasteiger partial charge in [-0.1, -0.05) is 36.4 Å². The molecule has 4 aromatic rings. The molecule has 0 amide bonds. The molecule has 0 unspecified atom stereocenters. The lowest BCUT2D eigenvalue weighted by Crippen LogP contribution is -2.00. The number of aromatic nitrogens is 4. The number of ether oxygens (including phenoxy) is 2. The van der Waals surface area contributed by atoms with E-state index in [-0.39, 0.29) is 23.1 Å². The van der Waals surface area contributed by atoms with E-state index in [0.29, 0.717) is 24.0 Å². The Labute approximate surface area is 211 Å². The summed E-state index contributed by atoms with van der Waals surface area (Å²) in [7, 11) is 2.88. The van der Waals surface area contributed by atoms with Crippen LogP contribution < -0.4 is 9.47 Å². The molecule has 0 radical (unpaired) electrons. The molecular formula is C24H16Br2N4O4. The van der Waals surface area contributed by atoms with Crippen LogP contribution in [0.3, 0.4) is 0 Å². The molecule has 0 aliphatic heterocycles. The van der Waals surface area contributed by atoms with Gasteiger partial charge in [0.15, 0.2) is 24.0 Å². The smallest absolute Gasteiger partial charge is 0.243 e. The maximum absolute atomic E-state index is 11.2. The lowest BCUT2D eigenvalue weighted by atomic mass is 9.99. The molecule has 0 aliphatic carbocycles. The van der Waals surface area contributed by atoms with Gasteiger partial charge < -0.3 is 9.47 Å². The summed E-state index contributed by atoms with van der Waals surface area (Å²) in [5.74, 6) is 0.304. The minimum atomic E-state index is 0.131. The molecule has 34 heavy (non-hydrogen) atoms. The molecule has 0 spiro atoms. The molecule has 4 rings (SSSR count). The number of benzene rings is 2. The van der Waals surface area contributed by atoms with Gasteiger partial charge in [-0.05, 0) is 43.0 Å². The normalized spacial score (nSPS) is 10.6. The van der Waals surface area contributed by atoms with Gasteiger partial charge >= 0.3 is 0 Å². The molecule has 0 aliphatic rings. The molecule has 2 aromatic carbocycles. The average molecular weight is 584 g/mol. The third-order valence-corrected chi connectivity index (χ3v) is 6.69. The summed E-state index contributed by atoms with van der Waals surface area (Å²) in [6.07, 6.45) is 4.25. The van der Waals surface area contributed by atoms with E-state index < -0.39 is 0 Å². The summed E-state index contributed by atoms with van der Waals surface area (Å²) < 4.78 is 12.0. The van der Waals surface area contributed by atoms with Crippen molar-refractivity contribution in [3.8, 4) is 45.4 Å². The second-order valence-corrected chi connectivity index (χ2v) is 8.46. The lowest BCUT2D eigenvalue weighted by Gasteiger charge is -2.14. The molecule has 10 heteroatoms. The van der Waals surface area contributed by atoms with Crippen LogP contribution in [-0.4, -0.2) is 46.7 Å². The fourth-order valence-corrected chi connectivity index (χ4v) is 4.72. The molecule has 0 saturated carbocycles. The highest BCUT2D eigenvalue weighted by Crippen LogP contribution is 2.42. The van der Waals surface area contributed by atoms with Gasteiger partial charge in [0.2, 0.25) is 11.8 Å². The van der Waals surface area contributed by atoms with E-state index in [2.05, 4.69) is 51.8 Å². The molecule has 2 aromatic heterocycles. The number of carbonyl (C=O) groups is 2. The predicted octanol–water partition coefficient (Wildman–Crippen LogP) is 5.43. The van der Waals surface area contributed by atoms with Crippen LogP contribution in [0.15, 0.2) is 57.7 Å². The van der Waals surface area contributed by atoms with Crippen molar-refractivity contribution in [2.75, 3.05) is 14.2 Å². The van der Waals surface area contributed by atoms with Gasteiger partial charge in [-0.25, -0.2) is 19.9 Å². The third-order valence-electron chi connectivity index (χ3n) is 4.98. The SMILES string of the molecule is COc1nc(-c2cccc(-c3cccc(-c4cnc(C=O)c(OC)n4)c3Br)c2Br)cnc1C=O. The molecule has 0 bridgehead atoms. The number of carbonyl (C=O) groups excluding carboxylic acids is 2. The van der Waals surface area contributed by atoms with Crippen molar-refractivity contribution < 1.29 is 19.1 Å².